The molecule has 0 aliphatic carbocycles. The fraction of sp³-hybridized carbons (Fsp3) is 0.125. The van der Waals surface area contributed by atoms with Crippen LogP contribution in [0.15, 0.2) is 58.6 Å². The van der Waals surface area contributed by atoms with E-state index in [2.05, 4.69) is 20.8 Å². The molecule has 1 aliphatic rings. The Labute approximate surface area is 137 Å². The average molecular weight is 333 g/mol. The van der Waals surface area contributed by atoms with Crippen molar-refractivity contribution in [2.45, 2.75) is 6.54 Å². The first kappa shape index (κ1) is 15.3. The van der Waals surface area contributed by atoms with E-state index in [9.17, 15) is 4.39 Å². The summed E-state index contributed by atoms with van der Waals surface area (Å²) in [7, 11) is 0. The van der Waals surface area contributed by atoms with E-state index in [0.29, 0.717) is 23.9 Å². The number of ether oxygens (including phenoxy) is 1. The average Bonchev–Trinajstić information content (AvgIpc) is 2.57. The first-order valence-corrected chi connectivity index (χ1v) is 7.35. The number of hydrogen-bond donors (Lipinski definition) is 2. The van der Waals surface area contributed by atoms with Gasteiger partial charge in [-0.05, 0) is 29.8 Å². The molecule has 0 amide bonds. The minimum absolute atomic E-state index is 0.155. The molecule has 0 saturated heterocycles. The summed E-state index contributed by atoms with van der Waals surface area (Å²) < 4.78 is 19.6. The molecule has 0 spiro atoms. The minimum Gasteiger partial charge on any atom is -0.453 e. The quantitative estimate of drug-likeness (QED) is 0.883. The molecule has 0 radical (unpaired) electrons. The third-order valence-electron chi connectivity index (χ3n) is 3.15. The highest BCUT2D eigenvalue weighted by Gasteiger charge is 2.09. The van der Waals surface area contributed by atoms with Crippen LogP contribution >= 0.6 is 11.6 Å². The van der Waals surface area contributed by atoms with Gasteiger partial charge in [-0.3, -0.25) is 4.98 Å². The van der Waals surface area contributed by atoms with Crippen LogP contribution in [-0.4, -0.2) is 17.7 Å². The van der Waals surface area contributed by atoms with Gasteiger partial charge in [0.15, 0.2) is 11.6 Å². The van der Waals surface area contributed by atoms with Gasteiger partial charge in [0.25, 0.3) is 0 Å². The number of benzene rings is 1. The summed E-state index contributed by atoms with van der Waals surface area (Å²) in [4.78, 5) is 3.92. The lowest BCUT2D eigenvalue weighted by molar-refractivity contribution is 0.440. The first-order valence-electron chi connectivity index (χ1n) is 6.97. The molecule has 0 bridgehead atoms. The van der Waals surface area contributed by atoms with E-state index >= 15 is 0 Å². The highest BCUT2D eigenvalue weighted by atomic mass is 35.5. The van der Waals surface area contributed by atoms with Crippen molar-refractivity contribution in [1.29, 1.82) is 0 Å². The maximum absolute atomic E-state index is 14.1. The number of nitrogens with zero attached hydrogens (tertiary/aromatic N) is 2. The lowest BCUT2D eigenvalue weighted by Crippen LogP contribution is -2.23. The Morgan fingerprint density at radius 3 is 3.00 bits per heavy atom. The van der Waals surface area contributed by atoms with Crippen molar-refractivity contribution in [2.24, 2.45) is 5.10 Å². The maximum Gasteiger partial charge on any atom is 0.166 e. The topological polar surface area (TPSA) is 58.5 Å². The van der Waals surface area contributed by atoms with Gasteiger partial charge in [-0.25, -0.2) is 4.39 Å². The van der Waals surface area contributed by atoms with Crippen LogP contribution in [0.5, 0.6) is 11.5 Å². The van der Waals surface area contributed by atoms with E-state index in [1.807, 2.05) is 0 Å². The van der Waals surface area contributed by atoms with Crippen LogP contribution in [-0.2, 0) is 6.54 Å². The van der Waals surface area contributed by atoms with Crippen molar-refractivity contribution in [3.8, 4) is 11.5 Å². The molecule has 0 unspecified atom stereocenters. The van der Waals surface area contributed by atoms with Crippen LogP contribution in [0, 0.1) is 5.82 Å². The van der Waals surface area contributed by atoms with Crippen molar-refractivity contribution in [1.82, 2.24) is 15.7 Å². The van der Waals surface area contributed by atoms with Crippen LogP contribution in [0.4, 0.5) is 4.39 Å². The van der Waals surface area contributed by atoms with Crippen LogP contribution in [0.1, 0.15) is 5.56 Å². The Balaban J connectivity index is 1.66. The van der Waals surface area contributed by atoms with E-state index in [4.69, 9.17) is 16.3 Å². The van der Waals surface area contributed by atoms with Crippen molar-refractivity contribution in [3.05, 3.63) is 64.8 Å². The number of allylic oxidation sites excluding steroid dienone is 1. The van der Waals surface area contributed by atoms with Crippen LogP contribution < -0.4 is 15.5 Å². The van der Waals surface area contributed by atoms with E-state index in [0.717, 1.165) is 11.3 Å². The van der Waals surface area contributed by atoms with Gasteiger partial charge in [0.2, 0.25) is 0 Å². The molecule has 0 atom stereocenters. The molecule has 0 saturated carbocycles. The molecule has 1 aromatic carbocycles. The molecule has 1 aliphatic heterocycles. The molecule has 2 N–H and O–H groups in total. The Hall–Kier alpha value is -2.60. The van der Waals surface area contributed by atoms with Gasteiger partial charge >= 0.3 is 0 Å². The van der Waals surface area contributed by atoms with Gasteiger partial charge < -0.3 is 15.5 Å². The monoisotopic (exact) mass is 332 g/mol. The van der Waals surface area contributed by atoms with E-state index in [1.54, 1.807) is 36.7 Å². The van der Waals surface area contributed by atoms with Crippen LogP contribution in [0.25, 0.3) is 0 Å². The third-order valence-corrected chi connectivity index (χ3v) is 3.49. The van der Waals surface area contributed by atoms with Gasteiger partial charge in [0.05, 0.1) is 29.7 Å². The van der Waals surface area contributed by atoms with Crippen molar-refractivity contribution in [3.63, 3.8) is 0 Å². The summed E-state index contributed by atoms with van der Waals surface area (Å²) in [6.45, 7) is 0.911. The zero-order valence-corrected chi connectivity index (χ0v) is 12.8. The van der Waals surface area contributed by atoms with E-state index in [1.165, 1.54) is 12.3 Å². The van der Waals surface area contributed by atoms with Crippen molar-refractivity contribution in [2.75, 3.05) is 6.54 Å². The summed E-state index contributed by atoms with van der Waals surface area (Å²) in [6.07, 6.45) is 4.75. The standard InChI is InChI=1S/C16H14ClFN4O/c17-13-9-21-22-10-15(13)20-7-11-3-4-16(14(18)6-11)23-12-2-1-5-19-8-12/h1-6,8,10,20-21H,7,9H2. The molecule has 118 valence electrons. The van der Waals surface area contributed by atoms with E-state index < -0.39 is 5.82 Å². The molecule has 1 aromatic heterocycles. The van der Waals surface area contributed by atoms with Gasteiger partial charge in [0, 0.05) is 12.7 Å². The Bertz CT molecular complexity index is 749. The molecule has 2 aromatic rings. The predicted octanol–water partition coefficient (Wildman–Crippen LogP) is 3.14. The highest BCUT2D eigenvalue weighted by molar-refractivity contribution is 6.31. The summed E-state index contributed by atoms with van der Waals surface area (Å²) in [6, 6.07) is 8.24. The van der Waals surface area contributed by atoms with Gasteiger partial charge in [-0.2, -0.15) is 5.10 Å². The molecule has 7 heteroatoms. The number of pyridine rings is 1. The molecule has 23 heavy (non-hydrogen) atoms. The second-order valence-electron chi connectivity index (χ2n) is 4.82. The predicted molar refractivity (Wildman–Crippen MR) is 86.9 cm³/mol. The van der Waals surface area contributed by atoms with Gasteiger partial charge in [0.1, 0.15) is 5.75 Å². The zero-order chi connectivity index (χ0) is 16.1. The number of rotatable bonds is 5. The number of hydrazone groups is 1. The largest absolute Gasteiger partial charge is 0.453 e. The first-order chi connectivity index (χ1) is 11.2. The summed E-state index contributed by atoms with van der Waals surface area (Å²) in [5.74, 6) is 0.203. The molecule has 2 heterocycles. The normalized spacial score (nSPS) is 13.7. The van der Waals surface area contributed by atoms with Crippen LogP contribution in [0.2, 0.25) is 0 Å². The molecule has 3 rings (SSSR count). The molecular formula is C16H14ClFN4O. The third kappa shape index (κ3) is 3.98. The maximum atomic E-state index is 14.1. The highest BCUT2D eigenvalue weighted by Crippen LogP contribution is 2.24. The van der Waals surface area contributed by atoms with Crippen molar-refractivity contribution < 1.29 is 9.13 Å². The van der Waals surface area contributed by atoms with Crippen LogP contribution in [0.3, 0.4) is 0 Å². The summed E-state index contributed by atoms with van der Waals surface area (Å²) in [5.41, 5.74) is 4.25. The fourth-order valence-corrected chi connectivity index (χ4v) is 2.18. The summed E-state index contributed by atoms with van der Waals surface area (Å²) in [5, 5.41) is 7.68. The molecular weight excluding hydrogens is 319 g/mol. The Morgan fingerprint density at radius 2 is 2.26 bits per heavy atom. The SMILES string of the molecule is Fc1cc(CNC2=C(Cl)CNN=C2)ccc1Oc1cccnc1. The number of nitrogens with one attached hydrogen (secondary N) is 2. The lowest BCUT2D eigenvalue weighted by atomic mass is 10.2. The Morgan fingerprint density at radius 1 is 1.35 bits per heavy atom. The van der Waals surface area contributed by atoms with Gasteiger partial charge in [-0.15, -0.1) is 0 Å². The number of hydrogen-bond acceptors (Lipinski definition) is 5. The fourth-order valence-electron chi connectivity index (χ4n) is 2.00. The summed E-state index contributed by atoms with van der Waals surface area (Å²) >= 11 is 6.06. The second kappa shape index (κ2) is 7.11. The molecule has 0 fully saturated rings. The molecule has 5 nitrogen and oxygen atoms in total. The number of aromatic nitrogens is 1. The smallest absolute Gasteiger partial charge is 0.166 e. The van der Waals surface area contributed by atoms with Crippen molar-refractivity contribution >= 4 is 17.8 Å². The number of halogens is 2. The second-order valence-corrected chi connectivity index (χ2v) is 5.28. The van der Waals surface area contributed by atoms with Gasteiger partial charge in [-0.1, -0.05) is 17.7 Å². The zero-order valence-electron chi connectivity index (χ0n) is 12.1. The van der Waals surface area contributed by atoms with E-state index in [-0.39, 0.29) is 5.75 Å². The Kier molecular flexibility index (Phi) is 4.73. The minimum atomic E-state index is -0.438. The lowest BCUT2D eigenvalue weighted by Gasteiger charge is -2.14.